The number of aromatic nitrogens is 1. The van der Waals surface area contributed by atoms with Crippen molar-refractivity contribution < 1.29 is 19.1 Å². The lowest BCUT2D eigenvalue weighted by Gasteiger charge is -2.26. The first-order valence-corrected chi connectivity index (χ1v) is 14.2. The molecule has 2 saturated heterocycles. The van der Waals surface area contributed by atoms with Crippen molar-refractivity contribution in [2.75, 3.05) is 6.54 Å². The Labute approximate surface area is 233 Å². The highest BCUT2D eigenvalue weighted by molar-refractivity contribution is 7.80. The Morgan fingerprint density at radius 2 is 1.82 bits per heavy atom. The average Bonchev–Trinajstić information content (AvgIpc) is 3.66. The number of rotatable bonds is 12. The van der Waals surface area contributed by atoms with Gasteiger partial charge in [0.2, 0.25) is 5.89 Å². The number of carboxylic acid groups (broad SMARTS) is 1. The number of carbonyl (C=O) groups is 1. The molecule has 2 aliphatic heterocycles. The number of nitrogens with zero attached hydrogens (tertiary/aromatic N) is 1. The van der Waals surface area contributed by atoms with E-state index in [4.69, 9.17) is 43.1 Å². The van der Waals surface area contributed by atoms with Gasteiger partial charge in [-0.1, -0.05) is 60.2 Å². The molecular formula is C30H33ClN2O4S. The fourth-order valence-corrected chi connectivity index (χ4v) is 6.14. The number of thiocarbonyl (C=S) groups is 1. The van der Waals surface area contributed by atoms with Crippen molar-refractivity contribution in [2.24, 2.45) is 5.92 Å². The van der Waals surface area contributed by atoms with Crippen LogP contribution in [0.25, 0.3) is 0 Å². The van der Waals surface area contributed by atoms with Crippen molar-refractivity contribution >= 4 is 34.8 Å². The van der Waals surface area contributed by atoms with E-state index >= 15 is 0 Å². The first-order chi connectivity index (χ1) is 18.5. The van der Waals surface area contributed by atoms with Crippen LogP contribution in [0.2, 0.25) is 5.02 Å². The van der Waals surface area contributed by atoms with Crippen molar-refractivity contribution in [1.82, 2.24) is 10.3 Å². The first-order valence-electron chi connectivity index (χ1n) is 13.4. The van der Waals surface area contributed by atoms with Crippen LogP contribution >= 0.6 is 23.8 Å². The Morgan fingerprint density at radius 3 is 2.61 bits per heavy atom. The molecule has 6 nitrogen and oxygen atoms in total. The van der Waals surface area contributed by atoms with E-state index in [2.05, 4.69) is 23.5 Å². The maximum absolute atomic E-state index is 11.1. The molecule has 38 heavy (non-hydrogen) atoms. The largest absolute Gasteiger partial charge is 0.481 e. The highest BCUT2D eigenvalue weighted by Crippen LogP contribution is 2.50. The first kappa shape index (κ1) is 26.9. The number of hydrogen-bond acceptors (Lipinski definition) is 5. The van der Waals surface area contributed by atoms with Crippen LogP contribution < -0.4 is 5.32 Å². The van der Waals surface area contributed by atoms with Crippen LogP contribution in [-0.4, -0.2) is 39.8 Å². The summed E-state index contributed by atoms with van der Waals surface area (Å²) < 4.78 is 12.3. The van der Waals surface area contributed by atoms with E-state index in [9.17, 15) is 4.79 Å². The number of nitrogens with one attached hydrogen (secondary N) is 1. The third-order valence-electron chi connectivity index (χ3n) is 7.74. The van der Waals surface area contributed by atoms with Crippen molar-refractivity contribution in [3.63, 3.8) is 0 Å². The Kier molecular flexibility index (Phi) is 8.77. The van der Waals surface area contributed by atoms with Crippen LogP contribution in [0.15, 0.2) is 59.2 Å². The van der Waals surface area contributed by atoms with Crippen LogP contribution in [-0.2, 0) is 28.8 Å². The van der Waals surface area contributed by atoms with E-state index in [0.29, 0.717) is 23.0 Å². The van der Waals surface area contributed by atoms with Gasteiger partial charge in [-0.05, 0) is 73.8 Å². The zero-order valence-corrected chi connectivity index (χ0v) is 22.8. The summed E-state index contributed by atoms with van der Waals surface area (Å²) in [7, 11) is 0. The molecule has 0 spiro atoms. The van der Waals surface area contributed by atoms with E-state index in [1.807, 2.05) is 30.3 Å². The fraction of sp³-hybridized carbons (Fsp3) is 0.433. The zero-order chi connectivity index (χ0) is 26.5. The molecular weight excluding hydrogens is 520 g/mol. The molecule has 0 saturated carbocycles. The van der Waals surface area contributed by atoms with Gasteiger partial charge >= 0.3 is 5.97 Å². The van der Waals surface area contributed by atoms with E-state index in [0.717, 1.165) is 55.7 Å². The minimum Gasteiger partial charge on any atom is -0.481 e. The molecule has 1 aromatic heterocycles. The molecule has 2 N–H and O–H groups in total. The number of hydrogen-bond donors (Lipinski definition) is 2. The maximum Gasteiger partial charge on any atom is 0.303 e. The monoisotopic (exact) mass is 552 g/mol. The third-order valence-corrected chi connectivity index (χ3v) is 8.34. The highest BCUT2D eigenvalue weighted by atomic mass is 35.5. The Hall–Kier alpha value is -2.74. The molecule has 3 heterocycles. The smallest absolute Gasteiger partial charge is 0.303 e. The predicted molar refractivity (Wildman–Crippen MR) is 151 cm³/mol. The molecule has 4 atom stereocenters. The van der Waals surface area contributed by atoms with Crippen LogP contribution in [0, 0.1) is 5.92 Å². The summed E-state index contributed by atoms with van der Waals surface area (Å²) in [5.41, 5.74) is 4.22. The quantitative estimate of drug-likeness (QED) is 0.206. The third kappa shape index (κ3) is 6.45. The number of benzene rings is 2. The number of carboxylic acids is 1. The van der Waals surface area contributed by atoms with Crippen LogP contribution in [0.3, 0.4) is 0 Å². The van der Waals surface area contributed by atoms with Crippen LogP contribution in [0.1, 0.15) is 66.3 Å². The van der Waals surface area contributed by atoms with E-state index in [-0.39, 0.29) is 30.5 Å². The number of aliphatic carboxylic acids is 1. The average molecular weight is 553 g/mol. The summed E-state index contributed by atoms with van der Waals surface area (Å²) in [6.07, 6.45) is 8.48. The zero-order valence-electron chi connectivity index (χ0n) is 21.3. The molecule has 8 heteroatoms. The number of oxazole rings is 1. The Bertz CT molecular complexity index is 1260. The lowest BCUT2D eigenvalue weighted by molar-refractivity contribution is -0.136. The Balaban J connectivity index is 1.18. The number of unbranched alkanes of at least 4 members (excludes halogenated alkanes) is 1. The minimum atomic E-state index is -0.778. The molecule has 2 aliphatic rings. The summed E-state index contributed by atoms with van der Waals surface area (Å²) in [6.45, 7) is 0.779. The van der Waals surface area contributed by atoms with Gasteiger partial charge in [-0.3, -0.25) is 4.79 Å². The second-order valence-electron chi connectivity index (χ2n) is 10.3. The van der Waals surface area contributed by atoms with Gasteiger partial charge < -0.3 is 19.6 Å². The lowest BCUT2D eigenvalue weighted by Crippen LogP contribution is -2.28. The summed E-state index contributed by atoms with van der Waals surface area (Å²) in [4.78, 5) is 16.5. The molecule has 2 aromatic carbocycles. The highest BCUT2D eigenvalue weighted by Gasteiger charge is 2.51. The Morgan fingerprint density at radius 1 is 1.05 bits per heavy atom. The van der Waals surface area contributed by atoms with Gasteiger partial charge in [0, 0.05) is 23.9 Å². The van der Waals surface area contributed by atoms with E-state index in [1.54, 1.807) is 6.26 Å². The molecule has 3 aromatic rings. The molecule has 200 valence electrons. The van der Waals surface area contributed by atoms with Crippen molar-refractivity contribution in [1.29, 1.82) is 0 Å². The van der Waals surface area contributed by atoms with Gasteiger partial charge in [-0.25, -0.2) is 4.98 Å². The van der Waals surface area contributed by atoms with Crippen molar-refractivity contribution in [3.05, 3.63) is 88.1 Å². The molecule has 2 fully saturated rings. The van der Waals surface area contributed by atoms with Crippen LogP contribution in [0.5, 0.6) is 0 Å². The van der Waals surface area contributed by atoms with E-state index in [1.165, 1.54) is 11.1 Å². The molecule has 0 radical (unpaired) electrons. The van der Waals surface area contributed by atoms with Crippen molar-refractivity contribution in [2.45, 2.75) is 69.5 Å². The summed E-state index contributed by atoms with van der Waals surface area (Å²) in [5.74, 6) is 0.212. The second kappa shape index (κ2) is 12.4. The van der Waals surface area contributed by atoms with Gasteiger partial charge in [0.15, 0.2) is 0 Å². The molecule has 0 aliphatic carbocycles. The number of ether oxygens (including phenoxy) is 1. The molecule has 0 amide bonds. The summed E-state index contributed by atoms with van der Waals surface area (Å²) in [6, 6.07) is 16.1. The van der Waals surface area contributed by atoms with E-state index < -0.39 is 5.97 Å². The van der Waals surface area contributed by atoms with Crippen LogP contribution in [0.4, 0.5) is 0 Å². The minimum absolute atomic E-state index is 0.0669. The van der Waals surface area contributed by atoms with Gasteiger partial charge in [0.1, 0.15) is 16.9 Å². The molecule has 5 rings (SSSR count). The second-order valence-corrected chi connectivity index (χ2v) is 11.1. The van der Waals surface area contributed by atoms with Gasteiger partial charge in [0.05, 0.1) is 18.1 Å². The number of halogens is 1. The summed E-state index contributed by atoms with van der Waals surface area (Å²) >= 11 is 11.6. The molecule has 0 unspecified atom stereocenters. The topological polar surface area (TPSA) is 84.6 Å². The van der Waals surface area contributed by atoms with Gasteiger partial charge in [-0.15, -0.1) is 0 Å². The van der Waals surface area contributed by atoms with Crippen molar-refractivity contribution in [3.8, 4) is 0 Å². The molecule has 2 bridgehead atoms. The normalized spacial score (nSPS) is 22.0. The number of aryl methyl sites for hydroxylation is 2. The van der Waals surface area contributed by atoms with Gasteiger partial charge in [-0.2, -0.15) is 0 Å². The lowest BCUT2D eigenvalue weighted by atomic mass is 9.75. The standard InChI is InChI=1S/C30H33ClN2O4S/c31-22-11-8-19(9-12-22)5-3-4-16-32-30(38)24-18-36-29(33-24)28-23(25-13-14-26(28)37-25)17-21-7-2-1-6-20(21)10-15-27(34)35/h1-2,6-9,11-12,18,23,25-26,28H,3-5,10,13-17H2,(H,32,38)(H,34,35)/t23-,25-,26+,28-/m0/s1. The number of fused-ring (bicyclic) bond motifs is 2. The SMILES string of the molecule is O=C(O)CCc1ccccc1C[C@@H]1[C@H](c2nc(C(=S)NCCCCc3ccc(Cl)cc3)co2)[C@H]2CC[C@@H]1O2. The fourth-order valence-electron chi connectivity index (χ4n) is 5.81. The summed E-state index contributed by atoms with van der Waals surface area (Å²) in [5, 5.41) is 13.2. The van der Waals surface area contributed by atoms with Gasteiger partial charge in [0.25, 0.3) is 0 Å². The maximum atomic E-state index is 11.1. The predicted octanol–water partition coefficient (Wildman–Crippen LogP) is 6.14.